The first-order valence-corrected chi connectivity index (χ1v) is 5.12. The van der Waals surface area contributed by atoms with Gasteiger partial charge in [0.1, 0.15) is 0 Å². The van der Waals surface area contributed by atoms with Crippen LogP contribution in [0.25, 0.3) is 0 Å². The monoisotopic (exact) mass is 205 g/mol. The number of alkyl halides is 1. The fraction of sp³-hybridized carbons (Fsp3) is 1.00. The second-order valence-corrected chi connectivity index (χ2v) is 4.32. The van der Waals surface area contributed by atoms with Crippen molar-refractivity contribution in [1.82, 2.24) is 5.32 Å². The lowest BCUT2D eigenvalue weighted by Gasteiger charge is -2.06. The summed E-state index contributed by atoms with van der Waals surface area (Å²) in [5, 5.41) is 3.49. The van der Waals surface area contributed by atoms with Gasteiger partial charge in [-0.2, -0.15) is 0 Å². The largest absolute Gasteiger partial charge is 0.314 e. The minimum atomic E-state index is 0.721. The summed E-state index contributed by atoms with van der Waals surface area (Å²) in [5.74, 6) is 0. The van der Waals surface area contributed by atoms with Gasteiger partial charge in [-0.05, 0) is 32.2 Å². The first kappa shape index (κ1) is 8.54. The molecule has 0 spiro atoms. The van der Waals surface area contributed by atoms with E-state index < -0.39 is 0 Å². The van der Waals surface area contributed by atoms with Crippen LogP contribution in [0.4, 0.5) is 0 Å². The van der Waals surface area contributed by atoms with Crippen LogP contribution in [-0.4, -0.2) is 17.4 Å². The van der Waals surface area contributed by atoms with Gasteiger partial charge in [-0.3, -0.25) is 0 Å². The van der Waals surface area contributed by atoms with Gasteiger partial charge in [-0.15, -0.1) is 0 Å². The Balaban J connectivity index is 1.83. The molecule has 0 saturated heterocycles. The van der Waals surface area contributed by atoms with Gasteiger partial charge in [0.05, 0.1) is 0 Å². The van der Waals surface area contributed by atoms with E-state index in [1.54, 1.807) is 0 Å². The van der Waals surface area contributed by atoms with Crippen molar-refractivity contribution in [1.29, 1.82) is 0 Å². The fourth-order valence-electron chi connectivity index (χ4n) is 0.936. The van der Waals surface area contributed by atoms with E-state index in [2.05, 4.69) is 28.2 Å². The molecule has 0 amide bonds. The molecule has 0 aromatic carbocycles. The maximum absolute atomic E-state index is 3.61. The molecule has 1 rings (SSSR count). The summed E-state index contributed by atoms with van der Waals surface area (Å²) in [4.78, 5) is 0.721. The molecular formula is C8H16BrN. The lowest BCUT2D eigenvalue weighted by molar-refractivity contribution is 0.627. The molecule has 1 unspecified atom stereocenters. The predicted molar refractivity (Wildman–Crippen MR) is 48.6 cm³/mol. The molecule has 2 heteroatoms. The van der Waals surface area contributed by atoms with Gasteiger partial charge in [-0.25, -0.2) is 0 Å². The highest BCUT2D eigenvalue weighted by molar-refractivity contribution is 9.09. The molecule has 0 aromatic rings. The summed E-state index contributed by atoms with van der Waals surface area (Å²) < 4.78 is 0. The van der Waals surface area contributed by atoms with Crippen molar-refractivity contribution in [2.45, 2.75) is 43.5 Å². The molecular weight excluding hydrogens is 190 g/mol. The van der Waals surface area contributed by atoms with Gasteiger partial charge in [0, 0.05) is 10.9 Å². The van der Waals surface area contributed by atoms with E-state index in [1.165, 1.54) is 32.2 Å². The second-order valence-electron chi connectivity index (χ2n) is 3.02. The van der Waals surface area contributed by atoms with E-state index in [9.17, 15) is 0 Å². The third-order valence-electron chi connectivity index (χ3n) is 1.91. The minimum absolute atomic E-state index is 0.721. The van der Waals surface area contributed by atoms with Crippen molar-refractivity contribution in [3.05, 3.63) is 0 Å². The van der Waals surface area contributed by atoms with Crippen molar-refractivity contribution in [3.63, 3.8) is 0 Å². The van der Waals surface area contributed by atoms with Gasteiger partial charge in [0.15, 0.2) is 0 Å². The SMILES string of the molecule is CCC(Br)CCNC1CC1. The molecule has 1 N–H and O–H groups in total. The lowest BCUT2D eigenvalue weighted by atomic mass is 10.2. The summed E-state index contributed by atoms with van der Waals surface area (Å²) in [6.07, 6.45) is 5.32. The van der Waals surface area contributed by atoms with Crippen molar-refractivity contribution in [3.8, 4) is 0 Å². The smallest absolute Gasteiger partial charge is 0.0155 e. The lowest BCUT2D eigenvalue weighted by Crippen LogP contribution is -2.19. The van der Waals surface area contributed by atoms with Crippen LogP contribution >= 0.6 is 15.9 Å². The summed E-state index contributed by atoms with van der Waals surface area (Å²) in [7, 11) is 0. The van der Waals surface area contributed by atoms with E-state index in [0.717, 1.165) is 10.9 Å². The van der Waals surface area contributed by atoms with Crippen LogP contribution in [0.3, 0.4) is 0 Å². The molecule has 0 heterocycles. The molecule has 10 heavy (non-hydrogen) atoms. The van der Waals surface area contributed by atoms with E-state index in [4.69, 9.17) is 0 Å². The average molecular weight is 206 g/mol. The van der Waals surface area contributed by atoms with Crippen LogP contribution in [0, 0.1) is 0 Å². The van der Waals surface area contributed by atoms with E-state index in [-0.39, 0.29) is 0 Å². The molecule has 0 bridgehead atoms. The predicted octanol–water partition coefficient (Wildman–Crippen LogP) is 2.30. The van der Waals surface area contributed by atoms with E-state index in [0.29, 0.717) is 0 Å². The van der Waals surface area contributed by atoms with Gasteiger partial charge in [0.2, 0.25) is 0 Å². The Hall–Kier alpha value is 0.440. The van der Waals surface area contributed by atoms with Crippen LogP contribution in [-0.2, 0) is 0 Å². The highest BCUT2D eigenvalue weighted by Crippen LogP contribution is 2.19. The number of rotatable bonds is 5. The second kappa shape index (κ2) is 4.35. The minimum Gasteiger partial charge on any atom is -0.314 e. The highest BCUT2D eigenvalue weighted by Gasteiger charge is 2.19. The Morgan fingerprint density at radius 1 is 1.60 bits per heavy atom. The van der Waals surface area contributed by atoms with Crippen molar-refractivity contribution in [2.75, 3.05) is 6.54 Å². The number of hydrogen-bond donors (Lipinski definition) is 1. The summed E-state index contributed by atoms with van der Waals surface area (Å²) in [6.45, 7) is 3.41. The summed E-state index contributed by atoms with van der Waals surface area (Å²) in [5.41, 5.74) is 0. The summed E-state index contributed by atoms with van der Waals surface area (Å²) in [6, 6.07) is 0.872. The normalized spacial score (nSPS) is 21.0. The topological polar surface area (TPSA) is 12.0 Å². The number of hydrogen-bond acceptors (Lipinski definition) is 1. The molecule has 60 valence electrons. The van der Waals surface area contributed by atoms with Crippen LogP contribution < -0.4 is 5.32 Å². The Morgan fingerprint density at radius 3 is 2.80 bits per heavy atom. The molecule has 1 saturated carbocycles. The Kier molecular flexibility index (Phi) is 3.71. The maximum atomic E-state index is 3.61. The molecule has 1 aliphatic rings. The zero-order valence-corrected chi connectivity index (χ0v) is 8.15. The Morgan fingerprint density at radius 2 is 2.30 bits per heavy atom. The molecule has 1 fully saturated rings. The van der Waals surface area contributed by atoms with Gasteiger partial charge in [-0.1, -0.05) is 22.9 Å². The standard InChI is InChI=1S/C8H16BrN/c1-2-7(9)5-6-10-8-3-4-8/h7-8,10H,2-6H2,1H3. The van der Waals surface area contributed by atoms with Crippen molar-refractivity contribution < 1.29 is 0 Å². The molecule has 0 aliphatic heterocycles. The van der Waals surface area contributed by atoms with Crippen LogP contribution in [0.15, 0.2) is 0 Å². The molecule has 0 aromatic heterocycles. The van der Waals surface area contributed by atoms with Crippen LogP contribution in [0.2, 0.25) is 0 Å². The average Bonchev–Trinajstić information content (AvgIpc) is 2.71. The maximum Gasteiger partial charge on any atom is 0.0155 e. The van der Waals surface area contributed by atoms with Gasteiger partial charge in [0.25, 0.3) is 0 Å². The van der Waals surface area contributed by atoms with Crippen LogP contribution in [0.1, 0.15) is 32.6 Å². The third-order valence-corrected chi connectivity index (χ3v) is 3.02. The van der Waals surface area contributed by atoms with E-state index in [1.807, 2.05) is 0 Å². The Bertz CT molecular complexity index is 91.3. The third kappa shape index (κ3) is 3.57. The van der Waals surface area contributed by atoms with Gasteiger partial charge >= 0.3 is 0 Å². The number of halogens is 1. The highest BCUT2D eigenvalue weighted by atomic mass is 79.9. The molecule has 1 atom stereocenters. The zero-order valence-electron chi connectivity index (χ0n) is 6.57. The van der Waals surface area contributed by atoms with Crippen molar-refractivity contribution in [2.24, 2.45) is 0 Å². The molecule has 1 nitrogen and oxygen atoms in total. The summed E-state index contributed by atoms with van der Waals surface area (Å²) >= 11 is 3.61. The first-order valence-electron chi connectivity index (χ1n) is 4.20. The molecule has 0 radical (unpaired) electrons. The Labute approximate surface area is 71.7 Å². The number of nitrogens with one attached hydrogen (secondary N) is 1. The fourth-order valence-corrected chi connectivity index (χ4v) is 1.16. The zero-order chi connectivity index (χ0) is 7.40. The quantitative estimate of drug-likeness (QED) is 0.680. The first-order chi connectivity index (χ1) is 4.83. The van der Waals surface area contributed by atoms with Crippen molar-refractivity contribution >= 4 is 15.9 Å². The van der Waals surface area contributed by atoms with Crippen LogP contribution in [0.5, 0.6) is 0 Å². The van der Waals surface area contributed by atoms with Gasteiger partial charge < -0.3 is 5.32 Å². The molecule has 1 aliphatic carbocycles. The van der Waals surface area contributed by atoms with E-state index >= 15 is 0 Å².